The molecular formula is C26H28N4O2. The van der Waals surface area contributed by atoms with Crippen LogP contribution in [0.3, 0.4) is 0 Å². The maximum Gasteiger partial charge on any atom is 0.324 e. The van der Waals surface area contributed by atoms with Crippen LogP contribution in [0.1, 0.15) is 30.5 Å². The van der Waals surface area contributed by atoms with Gasteiger partial charge in [-0.15, -0.1) is 0 Å². The molecule has 6 heteroatoms. The van der Waals surface area contributed by atoms with Gasteiger partial charge in [-0.1, -0.05) is 60.7 Å². The lowest BCUT2D eigenvalue weighted by atomic mass is 10.1. The van der Waals surface area contributed by atoms with Crippen LogP contribution in [0, 0.1) is 0 Å². The summed E-state index contributed by atoms with van der Waals surface area (Å²) < 4.78 is 0. The van der Waals surface area contributed by atoms with E-state index in [9.17, 15) is 9.59 Å². The number of hydrogen-bond acceptors (Lipinski definition) is 2. The smallest absolute Gasteiger partial charge is 0.324 e. The highest BCUT2D eigenvalue weighted by atomic mass is 16.2. The first-order valence-electron chi connectivity index (χ1n) is 10.9. The summed E-state index contributed by atoms with van der Waals surface area (Å²) in [4.78, 5) is 29.1. The first kappa shape index (κ1) is 21.4. The highest BCUT2D eigenvalue weighted by Crippen LogP contribution is 2.28. The summed E-state index contributed by atoms with van der Waals surface area (Å²) in [6.45, 7) is 3.95. The number of nitrogens with zero attached hydrogens (tertiary/aromatic N) is 2. The largest absolute Gasteiger partial charge is 0.334 e. The molecule has 32 heavy (non-hydrogen) atoms. The lowest BCUT2D eigenvalue weighted by molar-refractivity contribution is 0.175. The van der Waals surface area contributed by atoms with E-state index in [2.05, 4.69) is 29.7 Å². The Balaban J connectivity index is 1.36. The summed E-state index contributed by atoms with van der Waals surface area (Å²) in [5.74, 6) is 0. The number of carbonyl (C=O) groups excluding carboxylic acids is 2. The second kappa shape index (κ2) is 10.0. The monoisotopic (exact) mass is 428 g/mol. The molecule has 3 aromatic rings. The van der Waals surface area contributed by atoms with Crippen LogP contribution in [-0.4, -0.2) is 30.1 Å². The maximum atomic E-state index is 13.2. The molecule has 1 fully saturated rings. The van der Waals surface area contributed by atoms with Gasteiger partial charge >= 0.3 is 12.1 Å². The minimum atomic E-state index is -0.265. The lowest BCUT2D eigenvalue weighted by Crippen LogP contribution is -2.50. The van der Waals surface area contributed by atoms with Crippen molar-refractivity contribution in [2.24, 2.45) is 0 Å². The van der Waals surface area contributed by atoms with E-state index in [1.54, 1.807) is 0 Å². The zero-order chi connectivity index (χ0) is 22.3. The molecule has 1 aliphatic rings. The van der Waals surface area contributed by atoms with E-state index in [4.69, 9.17) is 0 Å². The van der Waals surface area contributed by atoms with Gasteiger partial charge in [0.15, 0.2) is 0 Å². The van der Waals surface area contributed by atoms with Crippen molar-refractivity contribution < 1.29 is 9.59 Å². The van der Waals surface area contributed by atoms with Crippen LogP contribution in [0.25, 0.3) is 0 Å². The molecule has 1 heterocycles. The van der Waals surface area contributed by atoms with E-state index in [-0.39, 0.29) is 18.1 Å². The van der Waals surface area contributed by atoms with Crippen molar-refractivity contribution in [3.8, 4) is 0 Å². The van der Waals surface area contributed by atoms with Gasteiger partial charge in [-0.25, -0.2) is 9.59 Å². The second-order valence-electron chi connectivity index (χ2n) is 7.91. The summed E-state index contributed by atoms with van der Waals surface area (Å²) in [6, 6.07) is 27.0. The topological polar surface area (TPSA) is 64.7 Å². The maximum absolute atomic E-state index is 13.2. The van der Waals surface area contributed by atoms with Gasteiger partial charge in [0.25, 0.3) is 0 Å². The molecule has 0 bridgehead atoms. The number of urea groups is 2. The van der Waals surface area contributed by atoms with E-state index in [1.165, 1.54) is 0 Å². The molecule has 4 amide bonds. The van der Waals surface area contributed by atoms with E-state index >= 15 is 0 Å². The third-order valence-electron chi connectivity index (χ3n) is 5.74. The highest BCUT2D eigenvalue weighted by molar-refractivity contribution is 5.94. The fourth-order valence-corrected chi connectivity index (χ4v) is 3.93. The van der Waals surface area contributed by atoms with Crippen LogP contribution in [0.4, 0.5) is 21.0 Å². The van der Waals surface area contributed by atoms with Crippen molar-refractivity contribution in [3.05, 3.63) is 96.1 Å². The van der Waals surface area contributed by atoms with Crippen molar-refractivity contribution in [3.63, 3.8) is 0 Å². The molecule has 0 saturated carbocycles. The Morgan fingerprint density at radius 3 is 2.25 bits per heavy atom. The molecule has 0 aliphatic carbocycles. The third-order valence-corrected chi connectivity index (χ3v) is 5.74. The highest BCUT2D eigenvalue weighted by Gasteiger charge is 2.30. The van der Waals surface area contributed by atoms with Gasteiger partial charge in [0.05, 0.1) is 6.04 Å². The van der Waals surface area contributed by atoms with Crippen molar-refractivity contribution in [1.82, 2.24) is 10.2 Å². The predicted molar refractivity (Wildman–Crippen MR) is 128 cm³/mol. The first-order valence-corrected chi connectivity index (χ1v) is 10.9. The van der Waals surface area contributed by atoms with Crippen LogP contribution in [-0.2, 0) is 6.54 Å². The van der Waals surface area contributed by atoms with Crippen LogP contribution in [0.5, 0.6) is 0 Å². The first-order chi connectivity index (χ1) is 15.6. The van der Waals surface area contributed by atoms with Crippen LogP contribution < -0.4 is 15.5 Å². The minimum absolute atomic E-state index is 0.00826. The quantitative estimate of drug-likeness (QED) is 0.552. The summed E-state index contributed by atoms with van der Waals surface area (Å²) >= 11 is 0. The van der Waals surface area contributed by atoms with Crippen LogP contribution >= 0.6 is 0 Å². The summed E-state index contributed by atoms with van der Waals surface area (Å²) in [5, 5.41) is 5.68. The average molecular weight is 429 g/mol. The van der Waals surface area contributed by atoms with Crippen molar-refractivity contribution in [2.75, 3.05) is 23.3 Å². The molecule has 0 aromatic heterocycles. The fourth-order valence-electron chi connectivity index (χ4n) is 3.93. The standard InChI is InChI=1S/C26H28N4O2/c1-20(22-11-6-3-7-12-22)29-17-8-18-30(26(29)32)24-15-13-23(14-16-24)28-25(31)27-19-21-9-4-2-5-10-21/h2-7,9-16,20H,8,17-19H2,1H3,(H2,27,28,31). The Morgan fingerprint density at radius 2 is 1.56 bits per heavy atom. The van der Waals surface area contributed by atoms with Crippen molar-refractivity contribution in [2.45, 2.75) is 25.9 Å². The SMILES string of the molecule is CC(c1ccccc1)N1CCCN(c2ccc(NC(=O)NCc3ccccc3)cc2)C1=O. The molecule has 1 unspecified atom stereocenters. The van der Waals surface area contributed by atoms with Crippen LogP contribution in [0.15, 0.2) is 84.9 Å². The molecule has 3 aromatic carbocycles. The molecule has 1 saturated heterocycles. The fraction of sp³-hybridized carbons (Fsp3) is 0.231. The second-order valence-corrected chi connectivity index (χ2v) is 7.91. The van der Waals surface area contributed by atoms with Gasteiger partial charge in [0, 0.05) is 31.0 Å². The minimum Gasteiger partial charge on any atom is -0.334 e. The van der Waals surface area contributed by atoms with Gasteiger partial charge in [-0.3, -0.25) is 4.90 Å². The third kappa shape index (κ3) is 5.09. The molecular weight excluding hydrogens is 400 g/mol. The number of carbonyl (C=O) groups is 2. The lowest BCUT2D eigenvalue weighted by Gasteiger charge is -2.39. The summed E-state index contributed by atoms with van der Waals surface area (Å²) in [5.41, 5.74) is 3.67. The molecule has 164 valence electrons. The Morgan fingerprint density at radius 1 is 0.906 bits per heavy atom. The molecule has 2 N–H and O–H groups in total. The van der Waals surface area contributed by atoms with E-state index < -0.39 is 0 Å². The predicted octanol–water partition coefficient (Wildman–Crippen LogP) is 5.40. The number of hydrogen-bond donors (Lipinski definition) is 2. The molecule has 1 aliphatic heterocycles. The molecule has 0 radical (unpaired) electrons. The summed E-state index contributed by atoms with van der Waals surface area (Å²) in [6.07, 6.45) is 0.908. The number of rotatable bonds is 6. The Labute approximate surface area is 188 Å². The van der Waals surface area contributed by atoms with E-state index in [1.807, 2.05) is 82.6 Å². The van der Waals surface area contributed by atoms with Crippen molar-refractivity contribution in [1.29, 1.82) is 0 Å². The zero-order valence-electron chi connectivity index (χ0n) is 18.2. The van der Waals surface area contributed by atoms with Gasteiger partial charge < -0.3 is 15.5 Å². The van der Waals surface area contributed by atoms with Crippen LogP contribution in [0.2, 0.25) is 0 Å². The molecule has 4 rings (SSSR count). The molecule has 6 nitrogen and oxygen atoms in total. The number of benzene rings is 3. The van der Waals surface area contributed by atoms with Gasteiger partial charge in [-0.2, -0.15) is 0 Å². The Hall–Kier alpha value is -3.80. The van der Waals surface area contributed by atoms with Gasteiger partial charge in [-0.05, 0) is 48.7 Å². The normalized spacial score (nSPS) is 14.7. The van der Waals surface area contributed by atoms with Crippen molar-refractivity contribution >= 4 is 23.4 Å². The van der Waals surface area contributed by atoms with Gasteiger partial charge in [0.2, 0.25) is 0 Å². The van der Waals surface area contributed by atoms with Gasteiger partial charge in [0.1, 0.15) is 0 Å². The average Bonchev–Trinajstić information content (AvgIpc) is 2.84. The molecule has 1 atom stereocenters. The summed E-state index contributed by atoms with van der Waals surface area (Å²) in [7, 11) is 0. The number of nitrogens with one attached hydrogen (secondary N) is 2. The number of anilines is 2. The van der Waals surface area contributed by atoms with E-state index in [0.29, 0.717) is 18.8 Å². The molecule has 0 spiro atoms. The Bertz CT molecular complexity index is 1040. The van der Waals surface area contributed by atoms with E-state index in [0.717, 1.165) is 29.8 Å². The number of amides is 4. The zero-order valence-corrected chi connectivity index (χ0v) is 18.2. The Kier molecular flexibility index (Phi) is 6.70.